The Kier molecular flexibility index (Phi) is 8.89. The van der Waals surface area contributed by atoms with Gasteiger partial charge in [0.25, 0.3) is 5.91 Å². The second kappa shape index (κ2) is 10.4. The largest absolute Gasteiger partial charge is 0.491 e. The van der Waals surface area contributed by atoms with Crippen LogP contribution in [0.5, 0.6) is 5.75 Å². The lowest BCUT2D eigenvalue weighted by Gasteiger charge is -2.11. The van der Waals surface area contributed by atoms with Crippen molar-refractivity contribution in [3.8, 4) is 5.75 Å². The molecule has 1 aliphatic rings. The minimum atomic E-state index is -0.0569. The van der Waals surface area contributed by atoms with E-state index in [-0.39, 0.29) is 24.4 Å². The van der Waals surface area contributed by atoms with Gasteiger partial charge >= 0.3 is 0 Å². The van der Waals surface area contributed by atoms with E-state index < -0.39 is 0 Å². The third kappa shape index (κ3) is 6.22. The summed E-state index contributed by atoms with van der Waals surface area (Å²) in [5.74, 6) is 0.716. The van der Waals surface area contributed by atoms with Gasteiger partial charge in [-0.2, -0.15) is 0 Å². The van der Waals surface area contributed by atoms with E-state index in [0.717, 1.165) is 38.3 Å². The highest BCUT2D eigenvalue weighted by molar-refractivity contribution is 5.94. The van der Waals surface area contributed by atoms with Gasteiger partial charge in [-0.1, -0.05) is 6.92 Å². The van der Waals surface area contributed by atoms with Crippen molar-refractivity contribution in [2.75, 3.05) is 32.8 Å². The van der Waals surface area contributed by atoms with Crippen LogP contribution in [0, 0.1) is 0 Å². The highest BCUT2D eigenvalue weighted by atomic mass is 35.5. The Balaban J connectivity index is 0.00000242. The zero-order valence-electron chi connectivity index (χ0n) is 13.0. The predicted octanol–water partition coefficient (Wildman–Crippen LogP) is 2.01. The van der Waals surface area contributed by atoms with Gasteiger partial charge in [-0.15, -0.1) is 12.4 Å². The van der Waals surface area contributed by atoms with Crippen LogP contribution in [0.15, 0.2) is 24.3 Å². The number of nitrogens with one attached hydrogen (secondary N) is 2. The van der Waals surface area contributed by atoms with Gasteiger partial charge in [0.15, 0.2) is 0 Å². The molecular weight excluding hydrogens is 304 g/mol. The van der Waals surface area contributed by atoms with E-state index in [1.807, 2.05) is 19.1 Å². The summed E-state index contributed by atoms with van der Waals surface area (Å²) >= 11 is 0. The first-order chi connectivity index (χ1) is 10.3. The van der Waals surface area contributed by atoms with Crippen molar-refractivity contribution in [2.45, 2.75) is 25.9 Å². The monoisotopic (exact) mass is 328 g/mol. The van der Waals surface area contributed by atoms with Crippen LogP contribution < -0.4 is 15.4 Å². The second-order valence-electron chi connectivity index (χ2n) is 5.08. The van der Waals surface area contributed by atoms with E-state index in [4.69, 9.17) is 9.47 Å². The molecule has 1 unspecified atom stereocenters. The van der Waals surface area contributed by atoms with Crippen LogP contribution in [0.2, 0.25) is 0 Å². The molecule has 0 aliphatic carbocycles. The summed E-state index contributed by atoms with van der Waals surface area (Å²) in [4.78, 5) is 11.9. The summed E-state index contributed by atoms with van der Waals surface area (Å²) in [6, 6.07) is 7.23. The van der Waals surface area contributed by atoms with Crippen molar-refractivity contribution in [1.29, 1.82) is 0 Å². The highest BCUT2D eigenvalue weighted by Crippen LogP contribution is 2.16. The molecule has 1 aliphatic heterocycles. The Labute approximate surface area is 138 Å². The number of hydrogen-bond donors (Lipinski definition) is 2. The number of carbonyl (C=O) groups excluding carboxylic acids is 1. The molecule has 1 aromatic rings. The molecule has 2 rings (SSSR count). The zero-order valence-corrected chi connectivity index (χ0v) is 13.8. The molecule has 1 aromatic carbocycles. The molecule has 124 valence electrons. The molecule has 1 atom stereocenters. The Hall–Kier alpha value is -1.30. The molecule has 0 radical (unpaired) electrons. The van der Waals surface area contributed by atoms with Gasteiger partial charge in [-0.3, -0.25) is 4.79 Å². The van der Waals surface area contributed by atoms with E-state index >= 15 is 0 Å². The van der Waals surface area contributed by atoms with E-state index in [2.05, 4.69) is 10.6 Å². The number of amides is 1. The van der Waals surface area contributed by atoms with Crippen molar-refractivity contribution in [3.05, 3.63) is 29.8 Å². The maximum absolute atomic E-state index is 11.9. The van der Waals surface area contributed by atoms with Gasteiger partial charge in [0.05, 0.1) is 6.10 Å². The van der Waals surface area contributed by atoms with Gasteiger partial charge in [0.1, 0.15) is 12.4 Å². The van der Waals surface area contributed by atoms with Gasteiger partial charge < -0.3 is 20.1 Å². The summed E-state index contributed by atoms with van der Waals surface area (Å²) in [7, 11) is 0. The summed E-state index contributed by atoms with van der Waals surface area (Å²) in [6.45, 7) is 5.77. The lowest BCUT2D eigenvalue weighted by atomic mass is 10.2. The number of benzene rings is 1. The summed E-state index contributed by atoms with van der Waals surface area (Å²) in [6.07, 6.45) is 2.38. The van der Waals surface area contributed by atoms with Gasteiger partial charge in [-0.05, 0) is 43.7 Å². The average molecular weight is 329 g/mol. The Morgan fingerprint density at radius 2 is 2.09 bits per heavy atom. The fraction of sp³-hybridized carbons (Fsp3) is 0.562. The maximum Gasteiger partial charge on any atom is 0.251 e. The van der Waals surface area contributed by atoms with Crippen LogP contribution in [0.4, 0.5) is 0 Å². The molecule has 0 spiro atoms. The third-order valence-electron chi connectivity index (χ3n) is 3.41. The van der Waals surface area contributed by atoms with Crippen LogP contribution in [0.1, 0.15) is 30.1 Å². The molecule has 5 nitrogen and oxygen atoms in total. The zero-order chi connectivity index (χ0) is 14.9. The highest BCUT2D eigenvalue weighted by Gasteiger charge is 2.16. The SMILES string of the molecule is CCNCCNC(=O)c1ccc(OCC2CCCO2)cc1.Cl. The predicted molar refractivity (Wildman–Crippen MR) is 89.0 cm³/mol. The van der Waals surface area contributed by atoms with Gasteiger partial charge in [0.2, 0.25) is 0 Å². The Morgan fingerprint density at radius 1 is 1.32 bits per heavy atom. The van der Waals surface area contributed by atoms with Gasteiger partial charge in [0, 0.05) is 25.3 Å². The van der Waals surface area contributed by atoms with Crippen molar-refractivity contribution >= 4 is 18.3 Å². The fourth-order valence-electron chi connectivity index (χ4n) is 2.21. The minimum absolute atomic E-state index is 0. The normalized spacial score (nSPS) is 16.9. The lowest BCUT2D eigenvalue weighted by molar-refractivity contribution is 0.0679. The molecule has 0 aromatic heterocycles. The van der Waals surface area contributed by atoms with Gasteiger partial charge in [-0.25, -0.2) is 0 Å². The van der Waals surface area contributed by atoms with Crippen molar-refractivity contribution < 1.29 is 14.3 Å². The quantitative estimate of drug-likeness (QED) is 0.717. The first-order valence-corrected chi connectivity index (χ1v) is 7.63. The number of halogens is 1. The molecule has 1 amide bonds. The smallest absolute Gasteiger partial charge is 0.251 e. The Morgan fingerprint density at radius 3 is 2.73 bits per heavy atom. The number of ether oxygens (including phenoxy) is 2. The molecule has 22 heavy (non-hydrogen) atoms. The van der Waals surface area contributed by atoms with Crippen molar-refractivity contribution in [2.24, 2.45) is 0 Å². The van der Waals surface area contributed by atoms with Crippen LogP contribution in [-0.4, -0.2) is 44.9 Å². The molecule has 0 saturated carbocycles. The Bertz CT molecular complexity index is 434. The van der Waals surface area contributed by atoms with Crippen molar-refractivity contribution in [1.82, 2.24) is 10.6 Å². The standard InChI is InChI=1S/C16H24N2O3.ClH/c1-2-17-9-10-18-16(19)13-5-7-14(8-6-13)21-12-15-4-3-11-20-15;/h5-8,15,17H,2-4,9-12H2,1H3,(H,18,19);1H. The van der Waals surface area contributed by atoms with E-state index in [0.29, 0.717) is 18.7 Å². The lowest BCUT2D eigenvalue weighted by Crippen LogP contribution is -2.31. The molecule has 0 bridgehead atoms. The maximum atomic E-state index is 11.9. The summed E-state index contributed by atoms with van der Waals surface area (Å²) in [5, 5.41) is 6.03. The molecule has 1 saturated heterocycles. The number of likely N-dealkylation sites (N-methyl/N-ethyl adjacent to an activating group) is 1. The fourth-order valence-corrected chi connectivity index (χ4v) is 2.21. The first kappa shape index (κ1) is 18.7. The van der Waals surface area contributed by atoms with E-state index in [9.17, 15) is 4.79 Å². The summed E-state index contributed by atoms with van der Waals surface area (Å²) in [5.41, 5.74) is 0.649. The van der Waals surface area contributed by atoms with Crippen LogP contribution >= 0.6 is 12.4 Å². The average Bonchev–Trinajstić information content (AvgIpc) is 3.03. The molecule has 2 N–H and O–H groups in total. The van der Waals surface area contributed by atoms with Crippen LogP contribution in [0.25, 0.3) is 0 Å². The van der Waals surface area contributed by atoms with Crippen LogP contribution in [0.3, 0.4) is 0 Å². The summed E-state index contributed by atoms with van der Waals surface area (Å²) < 4.78 is 11.2. The van der Waals surface area contributed by atoms with E-state index in [1.54, 1.807) is 12.1 Å². The minimum Gasteiger partial charge on any atom is -0.491 e. The first-order valence-electron chi connectivity index (χ1n) is 7.63. The topological polar surface area (TPSA) is 59.6 Å². The third-order valence-corrected chi connectivity index (χ3v) is 3.41. The number of hydrogen-bond acceptors (Lipinski definition) is 4. The number of rotatable bonds is 8. The van der Waals surface area contributed by atoms with Crippen LogP contribution in [-0.2, 0) is 4.74 Å². The molecule has 1 fully saturated rings. The number of carbonyl (C=O) groups is 1. The molecule has 1 heterocycles. The molecule has 6 heteroatoms. The second-order valence-corrected chi connectivity index (χ2v) is 5.08. The van der Waals surface area contributed by atoms with E-state index in [1.165, 1.54) is 0 Å². The van der Waals surface area contributed by atoms with Crippen molar-refractivity contribution in [3.63, 3.8) is 0 Å². The molecular formula is C16H25ClN2O3.